The molecule has 0 fully saturated rings. The third kappa shape index (κ3) is 5.16. The van der Waals surface area contributed by atoms with Crippen molar-refractivity contribution in [2.45, 2.75) is 26.0 Å². The van der Waals surface area contributed by atoms with Gasteiger partial charge in [-0.15, -0.1) is 0 Å². The van der Waals surface area contributed by atoms with Crippen molar-refractivity contribution in [1.29, 1.82) is 0 Å². The van der Waals surface area contributed by atoms with E-state index < -0.39 is 15.9 Å². The van der Waals surface area contributed by atoms with Crippen LogP contribution in [0, 0.1) is 0 Å². The fraction of sp³-hybridized carbons (Fsp3) is 0.636. The first-order valence-electron chi connectivity index (χ1n) is 5.58. The van der Waals surface area contributed by atoms with Gasteiger partial charge in [0.05, 0.1) is 11.9 Å². The first-order valence-corrected chi connectivity index (χ1v) is 8.35. The van der Waals surface area contributed by atoms with Crippen molar-refractivity contribution in [3.8, 4) is 0 Å². The summed E-state index contributed by atoms with van der Waals surface area (Å²) in [7, 11) is -2.96. The SMILES string of the molecule is CCS(=O)(=O)CC(C)NCC(O)c1ccsc1. The first-order chi connectivity index (χ1) is 7.94. The molecule has 0 spiro atoms. The zero-order valence-electron chi connectivity index (χ0n) is 10.1. The van der Waals surface area contributed by atoms with E-state index in [9.17, 15) is 13.5 Å². The molecule has 6 heteroatoms. The fourth-order valence-corrected chi connectivity index (χ4v) is 3.28. The van der Waals surface area contributed by atoms with Crippen LogP contribution in [0.25, 0.3) is 0 Å². The van der Waals surface area contributed by atoms with Crippen LogP contribution in [0.5, 0.6) is 0 Å². The fourth-order valence-electron chi connectivity index (χ4n) is 1.45. The summed E-state index contributed by atoms with van der Waals surface area (Å²) in [6.45, 7) is 3.83. The summed E-state index contributed by atoms with van der Waals surface area (Å²) >= 11 is 1.53. The molecule has 4 nitrogen and oxygen atoms in total. The summed E-state index contributed by atoms with van der Waals surface area (Å²) in [5, 5.41) is 16.6. The van der Waals surface area contributed by atoms with Gasteiger partial charge in [0.2, 0.25) is 0 Å². The van der Waals surface area contributed by atoms with Crippen molar-refractivity contribution in [2.75, 3.05) is 18.1 Å². The molecule has 2 unspecified atom stereocenters. The molecule has 0 bridgehead atoms. The van der Waals surface area contributed by atoms with Crippen LogP contribution in [-0.4, -0.2) is 37.6 Å². The molecule has 1 rings (SSSR count). The number of nitrogens with one attached hydrogen (secondary N) is 1. The summed E-state index contributed by atoms with van der Waals surface area (Å²) in [5.74, 6) is 0.270. The number of hydrogen-bond donors (Lipinski definition) is 2. The molecule has 0 saturated heterocycles. The minimum absolute atomic E-state index is 0.111. The normalized spacial score (nSPS) is 15.7. The van der Waals surface area contributed by atoms with Crippen LogP contribution < -0.4 is 5.32 Å². The molecule has 17 heavy (non-hydrogen) atoms. The molecule has 2 N–H and O–H groups in total. The minimum Gasteiger partial charge on any atom is -0.387 e. The van der Waals surface area contributed by atoms with Gasteiger partial charge in [-0.05, 0) is 29.3 Å². The Balaban J connectivity index is 2.36. The summed E-state index contributed by atoms with van der Waals surface area (Å²) in [5.41, 5.74) is 0.869. The lowest BCUT2D eigenvalue weighted by molar-refractivity contribution is 0.172. The van der Waals surface area contributed by atoms with E-state index in [4.69, 9.17) is 0 Å². The number of hydrogen-bond acceptors (Lipinski definition) is 5. The molecule has 0 aliphatic heterocycles. The van der Waals surface area contributed by atoms with Gasteiger partial charge in [-0.2, -0.15) is 11.3 Å². The van der Waals surface area contributed by atoms with E-state index in [-0.39, 0.29) is 17.5 Å². The van der Waals surface area contributed by atoms with Crippen LogP contribution in [0.2, 0.25) is 0 Å². The van der Waals surface area contributed by atoms with Crippen molar-refractivity contribution >= 4 is 21.2 Å². The number of aliphatic hydroxyl groups excluding tert-OH is 1. The monoisotopic (exact) mass is 277 g/mol. The lowest BCUT2D eigenvalue weighted by atomic mass is 10.2. The van der Waals surface area contributed by atoms with Crippen molar-refractivity contribution < 1.29 is 13.5 Å². The van der Waals surface area contributed by atoms with Gasteiger partial charge < -0.3 is 10.4 Å². The third-order valence-corrected chi connectivity index (χ3v) is 5.12. The van der Waals surface area contributed by atoms with Crippen LogP contribution in [0.3, 0.4) is 0 Å². The highest BCUT2D eigenvalue weighted by molar-refractivity contribution is 7.91. The lowest BCUT2D eigenvalue weighted by Gasteiger charge is -2.16. The molecule has 98 valence electrons. The molecule has 0 amide bonds. The number of thiophene rings is 1. The maximum absolute atomic E-state index is 11.4. The van der Waals surface area contributed by atoms with Gasteiger partial charge in [0.1, 0.15) is 0 Å². The third-order valence-electron chi connectivity index (χ3n) is 2.53. The van der Waals surface area contributed by atoms with E-state index in [1.54, 1.807) is 6.92 Å². The molecular formula is C11H19NO3S2. The second-order valence-corrected chi connectivity index (χ2v) is 7.26. The maximum Gasteiger partial charge on any atom is 0.151 e. The molecule has 0 aliphatic rings. The second kappa shape index (κ2) is 6.49. The Morgan fingerprint density at radius 2 is 2.24 bits per heavy atom. The number of sulfone groups is 1. The van der Waals surface area contributed by atoms with E-state index in [1.165, 1.54) is 11.3 Å². The lowest BCUT2D eigenvalue weighted by Crippen LogP contribution is -2.36. The summed E-state index contributed by atoms with van der Waals surface area (Å²) in [4.78, 5) is 0. The highest BCUT2D eigenvalue weighted by atomic mass is 32.2. The van der Waals surface area contributed by atoms with Gasteiger partial charge in [0.15, 0.2) is 9.84 Å². The zero-order valence-corrected chi connectivity index (χ0v) is 11.7. The predicted molar refractivity (Wildman–Crippen MR) is 71.1 cm³/mol. The molecule has 0 radical (unpaired) electrons. The predicted octanol–water partition coefficient (Wildman–Crippen LogP) is 1.19. The average molecular weight is 277 g/mol. The zero-order chi connectivity index (χ0) is 12.9. The quantitative estimate of drug-likeness (QED) is 0.786. The Kier molecular flexibility index (Phi) is 5.58. The number of aliphatic hydroxyl groups is 1. The van der Waals surface area contributed by atoms with Crippen molar-refractivity contribution in [3.05, 3.63) is 22.4 Å². The maximum atomic E-state index is 11.4. The van der Waals surface area contributed by atoms with Crippen LogP contribution in [0.1, 0.15) is 25.5 Å². The molecule has 1 aromatic heterocycles. The van der Waals surface area contributed by atoms with E-state index in [2.05, 4.69) is 5.32 Å². The topological polar surface area (TPSA) is 66.4 Å². The largest absolute Gasteiger partial charge is 0.387 e. The molecule has 1 aromatic rings. The van der Waals surface area contributed by atoms with Gasteiger partial charge in [0, 0.05) is 18.3 Å². The summed E-state index contributed by atoms with van der Waals surface area (Å²) in [6.07, 6.45) is -0.576. The molecular weight excluding hydrogens is 258 g/mol. The van der Waals surface area contributed by atoms with E-state index in [0.29, 0.717) is 6.54 Å². The second-order valence-electron chi connectivity index (χ2n) is 4.08. The van der Waals surface area contributed by atoms with Gasteiger partial charge in [-0.3, -0.25) is 0 Å². The highest BCUT2D eigenvalue weighted by Crippen LogP contribution is 2.15. The van der Waals surface area contributed by atoms with E-state index >= 15 is 0 Å². The van der Waals surface area contributed by atoms with Crippen LogP contribution in [0.15, 0.2) is 16.8 Å². The standard InChI is InChI=1S/C11H19NO3S2/c1-3-17(14,15)8-9(2)12-6-11(13)10-4-5-16-7-10/h4-5,7,9,11-13H,3,6,8H2,1-2H3. The molecule has 0 saturated carbocycles. The molecule has 0 aromatic carbocycles. The van der Waals surface area contributed by atoms with Gasteiger partial charge >= 0.3 is 0 Å². The van der Waals surface area contributed by atoms with E-state index in [1.807, 2.05) is 23.8 Å². The summed E-state index contributed by atoms with van der Waals surface area (Å²) < 4.78 is 22.8. The molecule has 2 atom stereocenters. The Morgan fingerprint density at radius 1 is 1.53 bits per heavy atom. The van der Waals surface area contributed by atoms with Crippen LogP contribution in [-0.2, 0) is 9.84 Å². The van der Waals surface area contributed by atoms with E-state index in [0.717, 1.165) is 5.56 Å². The minimum atomic E-state index is -2.96. The van der Waals surface area contributed by atoms with Gasteiger partial charge in [-0.25, -0.2) is 8.42 Å². The summed E-state index contributed by atoms with van der Waals surface area (Å²) in [6, 6.07) is 1.72. The average Bonchev–Trinajstić information content (AvgIpc) is 2.78. The van der Waals surface area contributed by atoms with Crippen LogP contribution in [0.4, 0.5) is 0 Å². The highest BCUT2D eigenvalue weighted by Gasteiger charge is 2.15. The van der Waals surface area contributed by atoms with Crippen molar-refractivity contribution in [3.63, 3.8) is 0 Å². The van der Waals surface area contributed by atoms with Crippen LogP contribution >= 0.6 is 11.3 Å². The van der Waals surface area contributed by atoms with Crippen molar-refractivity contribution in [1.82, 2.24) is 5.32 Å². The first kappa shape index (κ1) is 14.6. The Labute approximate surface area is 107 Å². The molecule has 0 aliphatic carbocycles. The Bertz CT molecular complexity index is 414. The van der Waals surface area contributed by atoms with Crippen molar-refractivity contribution in [2.24, 2.45) is 0 Å². The van der Waals surface area contributed by atoms with Gasteiger partial charge in [0.25, 0.3) is 0 Å². The molecule has 1 heterocycles. The Hall–Kier alpha value is -0.430. The van der Waals surface area contributed by atoms with Gasteiger partial charge in [-0.1, -0.05) is 6.92 Å². The Morgan fingerprint density at radius 3 is 2.76 bits per heavy atom. The number of rotatable bonds is 7. The smallest absolute Gasteiger partial charge is 0.151 e.